The van der Waals surface area contributed by atoms with Gasteiger partial charge in [-0.05, 0) is 60.4 Å². The molecule has 1 N–H and O–H groups in total. The molecule has 0 saturated carbocycles. The van der Waals surface area contributed by atoms with E-state index in [2.05, 4.69) is 12.1 Å². The zero-order valence-electron chi connectivity index (χ0n) is 13.3. The average Bonchev–Trinajstić information content (AvgIpc) is 3.23. The second-order valence-corrected chi connectivity index (χ2v) is 7.61. The van der Waals surface area contributed by atoms with Crippen LogP contribution >= 0.6 is 22.7 Å². The van der Waals surface area contributed by atoms with E-state index in [-0.39, 0.29) is 0 Å². The van der Waals surface area contributed by atoms with Gasteiger partial charge in [0.2, 0.25) is 0 Å². The predicted molar refractivity (Wildman–Crippen MR) is 99.5 cm³/mol. The molecule has 2 heterocycles. The van der Waals surface area contributed by atoms with Gasteiger partial charge in [-0.25, -0.2) is 4.79 Å². The maximum atomic E-state index is 11.4. The SMILES string of the molecule is CCc1c(C(=O)O)ccc(-c2ccc(-c3ccc(C=O)s3)s2)c1C. The largest absolute Gasteiger partial charge is 0.478 e. The number of hydrogen-bond donors (Lipinski definition) is 1. The number of benzene rings is 1. The Morgan fingerprint density at radius 1 is 1.04 bits per heavy atom. The highest BCUT2D eigenvalue weighted by molar-refractivity contribution is 7.24. The summed E-state index contributed by atoms with van der Waals surface area (Å²) in [5.74, 6) is -0.881. The van der Waals surface area contributed by atoms with Crippen LogP contribution in [0.2, 0.25) is 0 Å². The molecule has 122 valence electrons. The molecule has 0 atom stereocenters. The molecule has 0 spiro atoms. The first-order chi connectivity index (χ1) is 11.5. The van der Waals surface area contributed by atoms with Crippen LogP contribution in [0.4, 0.5) is 0 Å². The first-order valence-electron chi connectivity index (χ1n) is 7.56. The van der Waals surface area contributed by atoms with Gasteiger partial charge in [0.15, 0.2) is 6.29 Å². The number of thiophene rings is 2. The second-order valence-electron chi connectivity index (χ2n) is 5.41. The molecule has 1 aromatic carbocycles. The molecule has 3 rings (SSSR count). The maximum Gasteiger partial charge on any atom is 0.335 e. The lowest BCUT2D eigenvalue weighted by atomic mass is 9.94. The van der Waals surface area contributed by atoms with E-state index in [0.717, 1.165) is 42.5 Å². The number of aromatic carboxylic acids is 1. The van der Waals surface area contributed by atoms with Crippen LogP contribution in [-0.4, -0.2) is 17.4 Å². The Morgan fingerprint density at radius 3 is 2.33 bits per heavy atom. The van der Waals surface area contributed by atoms with Crippen LogP contribution in [0.3, 0.4) is 0 Å². The molecule has 3 aromatic rings. The number of carboxylic acid groups (broad SMARTS) is 1. The number of carboxylic acids is 1. The van der Waals surface area contributed by atoms with Crippen molar-refractivity contribution in [2.75, 3.05) is 0 Å². The van der Waals surface area contributed by atoms with E-state index in [1.54, 1.807) is 17.4 Å². The lowest BCUT2D eigenvalue weighted by Crippen LogP contribution is -2.04. The Bertz CT molecular complexity index is 919. The monoisotopic (exact) mass is 356 g/mol. The molecule has 24 heavy (non-hydrogen) atoms. The fourth-order valence-electron chi connectivity index (χ4n) is 2.84. The van der Waals surface area contributed by atoms with Gasteiger partial charge in [0.25, 0.3) is 0 Å². The van der Waals surface area contributed by atoms with Crippen LogP contribution in [0.25, 0.3) is 20.2 Å². The summed E-state index contributed by atoms with van der Waals surface area (Å²) in [7, 11) is 0. The molecule has 0 aliphatic heterocycles. The summed E-state index contributed by atoms with van der Waals surface area (Å²) in [6, 6.07) is 11.5. The Kier molecular flexibility index (Phi) is 4.64. The van der Waals surface area contributed by atoms with Crippen LogP contribution in [0.5, 0.6) is 0 Å². The molecule has 0 amide bonds. The number of rotatable bonds is 5. The predicted octanol–water partition coefficient (Wildman–Crippen LogP) is 5.53. The molecule has 0 saturated heterocycles. The summed E-state index contributed by atoms with van der Waals surface area (Å²) in [5.41, 5.74) is 3.35. The van der Waals surface area contributed by atoms with E-state index < -0.39 is 5.97 Å². The van der Waals surface area contributed by atoms with Crippen LogP contribution in [0.15, 0.2) is 36.4 Å². The highest BCUT2D eigenvalue weighted by Gasteiger charge is 2.16. The Labute approximate surface area is 148 Å². The third kappa shape index (κ3) is 2.92. The average molecular weight is 356 g/mol. The van der Waals surface area contributed by atoms with E-state index in [0.29, 0.717) is 12.0 Å². The van der Waals surface area contributed by atoms with Gasteiger partial charge in [-0.15, -0.1) is 22.7 Å². The third-order valence-electron chi connectivity index (χ3n) is 4.04. The van der Waals surface area contributed by atoms with Crippen LogP contribution in [0, 0.1) is 6.92 Å². The fourth-order valence-corrected chi connectivity index (χ4v) is 4.85. The van der Waals surface area contributed by atoms with Crippen molar-refractivity contribution in [1.29, 1.82) is 0 Å². The molecule has 0 bridgehead atoms. The summed E-state index contributed by atoms with van der Waals surface area (Å²) >= 11 is 3.13. The molecular formula is C19H16O3S2. The van der Waals surface area contributed by atoms with Crippen molar-refractivity contribution in [2.45, 2.75) is 20.3 Å². The van der Waals surface area contributed by atoms with Gasteiger partial charge in [-0.3, -0.25) is 4.79 Å². The number of hydrogen-bond acceptors (Lipinski definition) is 4. The van der Waals surface area contributed by atoms with Crippen LogP contribution < -0.4 is 0 Å². The van der Waals surface area contributed by atoms with Crippen molar-refractivity contribution in [3.63, 3.8) is 0 Å². The summed E-state index contributed by atoms with van der Waals surface area (Å²) in [6.45, 7) is 3.96. The lowest BCUT2D eigenvalue weighted by molar-refractivity contribution is 0.0695. The third-order valence-corrected chi connectivity index (χ3v) is 6.36. The standard InChI is InChI=1S/C19H16O3S2/c1-3-13-11(2)14(5-6-15(13)19(21)22)16-8-9-18(24-16)17-7-4-12(10-20)23-17/h4-10H,3H2,1-2H3,(H,21,22). The summed E-state index contributed by atoms with van der Waals surface area (Å²) in [5, 5.41) is 9.34. The van der Waals surface area contributed by atoms with Crippen molar-refractivity contribution in [1.82, 2.24) is 0 Å². The van der Waals surface area contributed by atoms with Crippen molar-refractivity contribution < 1.29 is 14.7 Å². The Hall–Kier alpha value is -2.24. The van der Waals surface area contributed by atoms with Gasteiger partial charge in [-0.2, -0.15) is 0 Å². The van der Waals surface area contributed by atoms with Gasteiger partial charge in [0.05, 0.1) is 10.4 Å². The molecule has 0 aliphatic carbocycles. The Morgan fingerprint density at radius 2 is 1.71 bits per heavy atom. The minimum atomic E-state index is -0.881. The summed E-state index contributed by atoms with van der Waals surface area (Å²) in [6.07, 6.45) is 1.55. The molecule has 2 aromatic heterocycles. The highest BCUT2D eigenvalue weighted by atomic mass is 32.1. The van der Waals surface area contributed by atoms with E-state index in [4.69, 9.17) is 0 Å². The maximum absolute atomic E-state index is 11.4. The minimum absolute atomic E-state index is 0.379. The van der Waals surface area contributed by atoms with Gasteiger partial charge < -0.3 is 5.11 Å². The van der Waals surface area contributed by atoms with Gasteiger partial charge in [0, 0.05) is 14.6 Å². The molecule has 5 heteroatoms. The van der Waals surface area contributed by atoms with E-state index >= 15 is 0 Å². The first-order valence-corrected chi connectivity index (χ1v) is 9.19. The van der Waals surface area contributed by atoms with E-state index in [1.165, 1.54) is 11.3 Å². The number of carbonyl (C=O) groups is 2. The van der Waals surface area contributed by atoms with E-state index in [9.17, 15) is 14.7 Å². The highest BCUT2D eigenvalue weighted by Crippen LogP contribution is 2.39. The number of aldehydes is 1. The molecular weight excluding hydrogens is 340 g/mol. The smallest absolute Gasteiger partial charge is 0.335 e. The summed E-state index contributed by atoms with van der Waals surface area (Å²) < 4.78 is 0. The molecule has 0 fully saturated rings. The van der Waals surface area contributed by atoms with Crippen molar-refractivity contribution in [3.05, 3.63) is 58.0 Å². The quantitative estimate of drug-likeness (QED) is 0.612. The molecule has 0 aliphatic rings. The van der Waals surface area contributed by atoms with Crippen LogP contribution in [0.1, 0.15) is 38.1 Å². The van der Waals surface area contributed by atoms with Gasteiger partial charge in [0.1, 0.15) is 0 Å². The topological polar surface area (TPSA) is 54.4 Å². The fraction of sp³-hybridized carbons (Fsp3) is 0.158. The minimum Gasteiger partial charge on any atom is -0.478 e. The molecule has 0 radical (unpaired) electrons. The normalized spacial score (nSPS) is 10.8. The number of carbonyl (C=O) groups excluding carboxylic acids is 1. The second kappa shape index (κ2) is 6.71. The molecule has 3 nitrogen and oxygen atoms in total. The van der Waals surface area contributed by atoms with Crippen molar-refractivity contribution in [3.8, 4) is 20.2 Å². The van der Waals surface area contributed by atoms with Gasteiger partial charge >= 0.3 is 5.97 Å². The zero-order valence-corrected chi connectivity index (χ0v) is 15.0. The Balaban J connectivity index is 2.04. The van der Waals surface area contributed by atoms with Crippen molar-refractivity contribution >= 4 is 34.9 Å². The zero-order chi connectivity index (χ0) is 17.3. The molecule has 0 unspecified atom stereocenters. The van der Waals surface area contributed by atoms with Gasteiger partial charge in [-0.1, -0.05) is 13.0 Å². The van der Waals surface area contributed by atoms with E-state index in [1.807, 2.05) is 32.0 Å². The van der Waals surface area contributed by atoms with Crippen molar-refractivity contribution in [2.24, 2.45) is 0 Å². The summed E-state index contributed by atoms with van der Waals surface area (Å²) in [4.78, 5) is 26.2. The van der Waals surface area contributed by atoms with Crippen LogP contribution in [-0.2, 0) is 6.42 Å². The first kappa shape index (κ1) is 16.6. The lowest BCUT2D eigenvalue weighted by Gasteiger charge is -2.12.